The number of rotatable bonds is 4. The van der Waals surface area contributed by atoms with Crippen LogP contribution in [0.5, 0.6) is 0 Å². The van der Waals surface area contributed by atoms with Gasteiger partial charge in [-0.05, 0) is 37.1 Å². The first kappa shape index (κ1) is 15.9. The Hall–Kier alpha value is -2.95. The van der Waals surface area contributed by atoms with Crippen molar-refractivity contribution >= 4 is 23.2 Å². The fraction of sp³-hybridized carbons (Fsp3) is 0.211. The van der Waals surface area contributed by atoms with Gasteiger partial charge in [0.2, 0.25) is 5.91 Å². The van der Waals surface area contributed by atoms with Crippen molar-refractivity contribution in [2.45, 2.75) is 19.8 Å². The third kappa shape index (κ3) is 3.51. The SMILES string of the molecule is CC(=NNC(=O)c1cccc(N2CCCC2=O)c1)c1ccccc1. The van der Waals surface area contributed by atoms with Crippen LogP contribution in [0.4, 0.5) is 5.69 Å². The molecule has 0 atom stereocenters. The number of benzene rings is 2. The van der Waals surface area contributed by atoms with Crippen LogP contribution < -0.4 is 10.3 Å². The summed E-state index contributed by atoms with van der Waals surface area (Å²) in [6, 6.07) is 16.7. The molecule has 2 aromatic carbocycles. The van der Waals surface area contributed by atoms with Gasteiger partial charge < -0.3 is 4.90 Å². The van der Waals surface area contributed by atoms with Crippen LogP contribution in [-0.4, -0.2) is 24.1 Å². The van der Waals surface area contributed by atoms with Gasteiger partial charge in [0.1, 0.15) is 0 Å². The van der Waals surface area contributed by atoms with Gasteiger partial charge in [-0.3, -0.25) is 9.59 Å². The van der Waals surface area contributed by atoms with E-state index in [0.717, 1.165) is 23.4 Å². The van der Waals surface area contributed by atoms with Crippen LogP contribution in [-0.2, 0) is 4.79 Å². The van der Waals surface area contributed by atoms with Crippen LogP contribution in [0.1, 0.15) is 35.7 Å². The second-order valence-electron chi connectivity index (χ2n) is 5.70. The minimum Gasteiger partial charge on any atom is -0.312 e. The molecule has 0 saturated carbocycles. The van der Waals surface area contributed by atoms with Gasteiger partial charge in [0, 0.05) is 24.2 Å². The van der Waals surface area contributed by atoms with Gasteiger partial charge in [-0.15, -0.1) is 0 Å². The summed E-state index contributed by atoms with van der Waals surface area (Å²) in [6.45, 7) is 2.55. The molecule has 1 fully saturated rings. The van der Waals surface area contributed by atoms with Gasteiger partial charge in [-0.2, -0.15) is 5.10 Å². The van der Waals surface area contributed by atoms with Crippen molar-refractivity contribution in [3.05, 3.63) is 65.7 Å². The van der Waals surface area contributed by atoms with E-state index in [1.54, 1.807) is 23.1 Å². The zero-order valence-corrected chi connectivity index (χ0v) is 13.5. The molecule has 24 heavy (non-hydrogen) atoms. The predicted octanol–water partition coefficient (Wildman–Crippen LogP) is 2.97. The zero-order valence-electron chi connectivity index (χ0n) is 13.5. The molecule has 122 valence electrons. The molecule has 0 spiro atoms. The molecule has 0 aromatic heterocycles. The average Bonchev–Trinajstić information content (AvgIpc) is 3.06. The quantitative estimate of drug-likeness (QED) is 0.695. The van der Waals surface area contributed by atoms with E-state index in [2.05, 4.69) is 10.5 Å². The summed E-state index contributed by atoms with van der Waals surface area (Å²) in [4.78, 5) is 25.9. The Kier molecular flexibility index (Phi) is 4.70. The highest BCUT2D eigenvalue weighted by Gasteiger charge is 2.22. The molecule has 1 aliphatic heterocycles. The molecule has 1 N–H and O–H groups in total. The first-order chi connectivity index (χ1) is 11.6. The minimum atomic E-state index is -0.293. The van der Waals surface area contributed by atoms with E-state index in [0.29, 0.717) is 18.5 Å². The summed E-state index contributed by atoms with van der Waals surface area (Å²) in [7, 11) is 0. The van der Waals surface area contributed by atoms with Crippen LogP contribution in [0.2, 0.25) is 0 Å². The van der Waals surface area contributed by atoms with Crippen LogP contribution in [0.3, 0.4) is 0 Å². The first-order valence-electron chi connectivity index (χ1n) is 7.95. The summed E-state index contributed by atoms with van der Waals surface area (Å²) in [5, 5.41) is 4.15. The van der Waals surface area contributed by atoms with Gasteiger partial charge in [-0.1, -0.05) is 36.4 Å². The summed E-state index contributed by atoms with van der Waals surface area (Å²) in [6.07, 6.45) is 1.42. The number of nitrogens with one attached hydrogen (secondary N) is 1. The van der Waals surface area contributed by atoms with Gasteiger partial charge in [-0.25, -0.2) is 5.43 Å². The monoisotopic (exact) mass is 321 g/mol. The van der Waals surface area contributed by atoms with Gasteiger partial charge in [0.05, 0.1) is 5.71 Å². The molecule has 5 nitrogen and oxygen atoms in total. The molecular weight excluding hydrogens is 302 g/mol. The van der Waals surface area contributed by atoms with E-state index >= 15 is 0 Å². The van der Waals surface area contributed by atoms with Crippen LogP contribution >= 0.6 is 0 Å². The smallest absolute Gasteiger partial charge is 0.271 e. The molecule has 5 heteroatoms. The van der Waals surface area contributed by atoms with E-state index in [1.165, 1.54) is 0 Å². The zero-order chi connectivity index (χ0) is 16.9. The van der Waals surface area contributed by atoms with Crippen molar-refractivity contribution in [3.8, 4) is 0 Å². The Balaban J connectivity index is 1.72. The standard InChI is InChI=1S/C19H19N3O2/c1-14(15-7-3-2-4-8-15)20-21-19(24)16-9-5-10-17(13-16)22-12-6-11-18(22)23/h2-5,7-10,13H,6,11-12H2,1H3,(H,21,24). The fourth-order valence-corrected chi connectivity index (χ4v) is 2.68. The molecule has 0 unspecified atom stereocenters. The van der Waals surface area contributed by atoms with Crippen molar-refractivity contribution < 1.29 is 9.59 Å². The highest BCUT2D eigenvalue weighted by atomic mass is 16.2. The molecule has 0 radical (unpaired) electrons. The molecule has 0 aliphatic carbocycles. The van der Waals surface area contributed by atoms with E-state index in [9.17, 15) is 9.59 Å². The van der Waals surface area contributed by atoms with Crippen molar-refractivity contribution in [2.75, 3.05) is 11.4 Å². The molecule has 1 aliphatic rings. The van der Waals surface area contributed by atoms with Crippen LogP contribution in [0.25, 0.3) is 0 Å². The maximum absolute atomic E-state index is 12.3. The third-order valence-electron chi connectivity index (χ3n) is 4.01. The Morgan fingerprint density at radius 1 is 1.08 bits per heavy atom. The number of carbonyl (C=O) groups is 2. The Labute approximate surface area is 141 Å². The second-order valence-corrected chi connectivity index (χ2v) is 5.70. The highest BCUT2D eigenvalue weighted by molar-refractivity contribution is 6.01. The molecular formula is C19H19N3O2. The fourth-order valence-electron chi connectivity index (χ4n) is 2.68. The number of hydrazone groups is 1. The average molecular weight is 321 g/mol. The van der Waals surface area contributed by atoms with Crippen molar-refractivity contribution in [1.29, 1.82) is 0 Å². The second kappa shape index (κ2) is 7.08. The van der Waals surface area contributed by atoms with E-state index in [4.69, 9.17) is 0 Å². The largest absolute Gasteiger partial charge is 0.312 e. The van der Waals surface area contributed by atoms with E-state index in [1.807, 2.05) is 43.3 Å². The Morgan fingerprint density at radius 3 is 2.54 bits per heavy atom. The Bertz CT molecular complexity index is 784. The molecule has 3 rings (SSSR count). The van der Waals surface area contributed by atoms with E-state index in [-0.39, 0.29) is 11.8 Å². The normalized spacial score (nSPS) is 14.8. The number of amides is 2. The number of hydrogen-bond donors (Lipinski definition) is 1. The Morgan fingerprint density at radius 2 is 1.83 bits per heavy atom. The summed E-state index contributed by atoms with van der Waals surface area (Å²) >= 11 is 0. The van der Waals surface area contributed by atoms with E-state index < -0.39 is 0 Å². The van der Waals surface area contributed by atoms with Crippen molar-refractivity contribution in [1.82, 2.24) is 5.43 Å². The number of anilines is 1. The minimum absolute atomic E-state index is 0.102. The topological polar surface area (TPSA) is 61.8 Å². The lowest BCUT2D eigenvalue weighted by atomic mass is 10.1. The van der Waals surface area contributed by atoms with Crippen LogP contribution in [0, 0.1) is 0 Å². The molecule has 2 amide bonds. The first-order valence-corrected chi connectivity index (χ1v) is 7.95. The summed E-state index contributed by atoms with van der Waals surface area (Å²) in [5.41, 5.74) is 5.50. The summed E-state index contributed by atoms with van der Waals surface area (Å²) in [5.74, 6) is -0.190. The maximum Gasteiger partial charge on any atom is 0.271 e. The highest BCUT2D eigenvalue weighted by Crippen LogP contribution is 2.22. The lowest BCUT2D eigenvalue weighted by Gasteiger charge is -2.16. The number of carbonyl (C=O) groups excluding carboxylic acids is 2. The van der Waals surface area contributed by atoms with Crippen molar-refractivity contribution in [3.63, 3.8) is 0 Å². The van der Waals surface area contributed by atoms with Crippen molar-refractivity contribution in [2.24, 2.45) is 5.10 Å². The summed E-state index contributed by atoms with van der Waals surface area (Å²) < 4.78 is 0. The van der Waals surface area contributed by atoms with Crippen LogP contribution in [0.15, 0.2) is 59.7 Å². The number of nitrogens with zero attached hydrogens (tertiary/aromatic N) is 2. The molecule has 1 heterocycles. The lowest BCUT2D eigenvalue weighted by molar-refractivity contribution is -0.117. The lowest BCUT2D eigenvalue weighted by Crippen LogP contribution is -2.24. The molecule has 0 bridgehead atoms. The maximum atomic E-state index is 12.3. The van der Waals surface area contributed by atoms with Gasteiger partial charge >= 0.3 is 0 Å². The molecule has 2 aromatic rings. The third-order valence-corrected chi connectivity index (χ3v) is 4.01. The predicted molar refractivity (Wildman–Crippen MR) is 94.1 cm³/mol. The van der Waals surface area contributed by atoms with Gasteiger partial charge in [0.25, 0.3) is 5.91 Å². The number of hydrogen-bond acceptors (Lipinski definition) is 3. The molecule has 1 saturated heterocycles. The van der Waals surface area contributed by atoms with Gasteiger partial charge in [0.15, 0.2) is 0 Å².